The molecule has 0 saturated heterocycles. The van der Waals surface area contributed by atoms with Crippen molar-refractivity contribution in [2.24, 2.45) is 0 Å². The zero-order chi connectivity index (χ0) is 3.58. The molecule has 0 aliphatic heterocycles. The molecule has 6 heavy (non-hydrogen) atoms. The molecule has 0 aromatic carbocycles. The predicted octanol–water partition coefficient (Wildman–Crippen LogP) is -5.45. The fraction of sp³-hybridized carbons (Fsp3) is 0. The van der Waals surface area contributed by atoms with Gasteiger partial charge in [-0.15, -0.1) is 0 Å². The summed E-state index contributed by atoms with van der Waals surface area (Å²) in [6.45, 7) is 0. The fourth-order valence-corrected chi connectivity index (χ4v) is 0. The molecule has 0 heterocycles. The minimum Gasteiger partial charge on any atom is -0.652 e. The summed E-state index contributed by atoms with van der Waals surface area (Å²) < 4.78 is 0. The third-order valence-electron chi connectivity index (χ3n) is 0. The van der Waals surface area contributed by atoms with Crippen LogP contribution in [-0.2, 0) is 26.2 Å². The molecule has 0 atom stereocenters. The minimum absolute atomic E-state index is 0. The van der Waals surface area contributed by atoms with E-state index in [1.807, 2.05) is 0 Å². The van der Waals surface area contributed by atoms with Gasteiger partial charge in [-0.25, -0.2) is 0 Å². The second kappa shape index (κ2) is 9.92. The summed E-state index contributed by atoms with van der Waals surface area (Å²) in [5.74, 6) is 0. The molecule has 0 aliphatic rings. The first kappa shape index (κ1) is 15.7. The van der Waals surface area contributed by atoms with E-state index < -0.39 is 6.16 Å². The summed E-state index contributed by atoms with van der Waals surface area (Å²) in [5, 5.41) is 16.7. The molecule has 0 spiro atoms. The molecule has 26 valence electrons. The van der Waals surface area contributed by atoms with Gasteiger partial charge in [0.2, 0.25) is 0 Å². The van der Waals surface area contributed by atoms with Gasteiger partial charge in [0.15, 0.2) is 0 Å². The topological polar surface area (TPSA) is 63.2 Å². The summed E-state index contributed by atoms with van der Waals surface area (Å²) >= 11 is 0. The summed E-state index contributed by atoms with van der Waals surface area (Å²) in [4.78, 5) is 8.33. The summed E-state index contributed by atoms with van der Waals surface area (Å²) in [6.07, 6.45) is -2.33. The standard InChI is InChI=1S/CH2O3.K.Zr/c2-1(3)4;;/h(H2,2,3,4);;/q;+1;+2/p-2. The van der Waals surface area contributed by atoms with Crippen LogP contribution in [0, 0.1) is 0 Å². The van der Waals surface area contributed by atoms with Gasteiger partial charge in [-0.2, -0.15) is 0 Å². The van der Waals surface area contributed by atoms with Crippen LogP contribution in [0.15, 0.2) is 0 Å². The van der Waals surface area contributed by atoms with E-state index in [4.69, 9.17) is 15.0 Å². The average molecular weight is 190 g/mol. The molecule has 0 saturated carbocycles. The first-order chi connectivity index (χ1) is 1.73. The molecule has 0 bridgehead atoms. The Balaban J connectivity index is -0.0000000450. The van der Waals surface area contributed by atoms with E-state index in [1.54, 1.807) is 0 Å². The molecule has 5 heteroatoms. The van der Waals surface area contributed by atoms with Gasteiger partial charge in [0, 0.05) is 0 Å². The number of carbonyl (C=O) groups excluding carboxylic acids is 1. The van der Waals surface area contributed by atoms with E-state index in [-0.39, 0.29) is 77.6 Å². The van der Waals surface area contributed by atoms with Crippen molar-refractivity contribution in [3.8, 4) is 0 Å². The first-order valence-corrected chi connectivity index (χ1v) is 0.612. The number of carbonyl (C=O) groups is 1. The zero-order valence-corrected chi connectivity index (χ0v) is 8.81. The maximum atomic E-state index is 8.33. The summed E-state index contributed by atoms with van der Waals surface area (Å²) in [5.41, 5.74) is 0. The van der Waals surface area contributed by atoms with Crippen LogP contribution in [0.4, 0.5) is 4.79 Å². The summed E-state index contributed by atoms with van der Waals surface area (Å²) in [7, 11) is 0. The van der Waals surface area contributed by atoms with Gasteiger partial charge in [-0.3, -0.25) is 0 Å². The Morgan fingerprint density at radius 2 is 1.33 bits per heavy atom. The smallest absolute Gasteiger partial charge is 0.652 e. The Morgan fingerprint density at radius 1 is 1.33 bits per heavy atom. The van der Waals surface area contributed by atoms with Crippen LogP contribution in [0.3, 0.4) is 0 Å². The fourth-order valence-electron chi connectivity index (χ4n) is 0. The van der Waals surface area contributed by atoms with Crippen molar-refractivity contribution >= 4 is 6.16 Å². The largest absolute Gasteiger partial charge is 2.00 e. The minimum atomic E-state index is -2.33. The molecule has 0 aliphatic carbocycles. The van der Waals surface area contributed by atoms with Gasteiger partial charge in [0.05, 0.1) is 0 Å². The van der Waals surface area contributed by atoms with E-state index in [2.05, 4.69) is 0 Å². The number of hydrogen-bond donors (Lipinski definition) is 0. The molecule has 0 aromatic heterocycles. The maximum absolute atomic E-state index is 8.33. The van der Waals surface area contributed by atoms with Crippen molar-refractivity contribution in [1.82, 2.24) is 0 Å². The molecule has 0 N–H and O–H groups in total. The van der Waals surface area contributed by atoms with E-state index in [1.165, 1.54) is 0 Å². The van der Waals surface area contributed by atoms with Crippen molar-refractivity contribution in [1.29, 1.82) is 0 Å². The molecular formula is CKO3Zr+. The van der Waals surface area contributed by atoms with Crippen LogP contribution < -0.4 is 61.6 Å². The molecular weight excluding hydrogens is 190 g/mol. The second-order valence-electron chi connectivity index (χ2n) is 0.250. The Hall–Kier alpha value is 1.79. The Morgan fingerprint density at radius 3 is 1.33 bits per heavy atom. The number of rotatable bonds is 0. The first-order valence-electron chi connectivity index (χ1n) is 0.612. The van der Waals surface area contributed by atoms with Crippen LogP contribution in [0.25, 0.3) is 0 Å². The van der Waals surface area contributed by atoms with Crippen molar-refractivity contribution < 1.29 is 92.6 Å². The van der Waals surface area contributed by atoms with Crippen molar-refractivity contribution in [3.63, 3.8) is 0 Å². The predicted molar refractivity (Wildman–Crippen MR) is 5.40 cm³/mol. The van der Waals surface area contributed by atoms with E-state index in [0.717, 1.165) is 0 Å². The monoisotopic (exact) mass is 189 g/mol. The average Bonchev–Trinajstić information content (AvgIpc) is 0.811. The summed E-state index contributed by atoms with van der Waals surface area (Å²) in [6, 6.07) is 0. The van der Waals surface area contributed by atoms with Crippen LogP contribution in [0.1, 0.15) is 0 Å². The van der Waals surface area contributed by atoms with Crippen LogP contribution >= 0.6 is 0 Å². The zero-order valence-electron chi connectivity index (χ0n) is 3.22. The number of carboxylic acid groups (broad SMARTS) is 2. The second-order valence-corrected chi connectivity index (χ2v) is 0.250. The maximum Gasteiger partial charge on any atom is 2.00 e. The van der Waals surface area contributed by atoms with Gasteiger partial charge in [-0.1, -0.05) is 0 Å². The normalized spacial score (nSPS) is 4.00. The van der Waals surface area contributed by atoms with Crippen molar-refractivity contribution in [3.05, 3.63) is 0 Å². The van der Waals surface area contributed by atoms with Gasteiger partial charge in [0.25, 0.3) is 0 Å². The molecule has 0 aromatic rings. The van der Waals surface area contributed by atoms with E-state index in [0.29, 0.717) is 0 Å². The molecule has 0 amide bonds. The van der Waals surface area contributed by atoms with Gasteiger partial charge in [0.1, 0.15) is 0 Å². The van der Waals surface area contributed by atoms with E-state index >= 15 is 0 Å². The molecule has 3 nitrogen and oxygen atoms in total. The SMILES string of the molecule is O=C([O-])[O-].[K+].[Zr+2]. The van der Waals surface area contributed by atoms with Gasteiger partial charge >= 0.3 is 77.6 Å². The van der Waals surface area contributed by atoms with E-state index in [9.17, 15) is 0 Å². The van der Waals surface area contributed by atoms with Crippen LogP contribution in [-0.4, -0.2) is 6.16 Å². The Bertz CT molecular complexity index is 33.8. The molecule has 0 rings (SSSR count). The Kier molecular flexibility index (Phi) is 25.9. The molecule has 0 radical (unpaired) electrons. The van der Waals surface area contributed by atoms with Crippen LogP contribution in [0.5, 0.6) is 0 Å². The molecule has 0 fully saturated rings. The van der Waals surface area contributed by atoms with Gasteiger partial charge in [-0.05, 0) is 6.16 Å². The molecule has 0 unspecified atom stereocenters. The third kappa shape index (κ3) is 41.5. The Labute approximate surface area is 96.7 Å². The quantitative estimate of drug-likeness (QED) is 0.358. The third-order valence-corrected chi connectivity index (χ3v) is 0. The number of hydrogen-bond acceptors (Lipinski definition) is 3. The van der Waals surface area contributed by atoms with Gasteiger partial charge < -0.3 is 15.0 Å². The van der Waals surface area contributed by atoms with Crippen molar-refractivity contribution in [2.75, 3.05) is 0 Å². The van der Waals surface area contributed by atoms with Crippen LogP contribution in [0.2, 0.25) is 0 Å². The van der Waals surface area contributed by atoms with Crippen molar-refractivity contribution in [2.45, 2.75) is 0 Å².